The van der Waals surface area contributed by atoms with E-state index in [2.05, 4.69) is 34.0 Å². The van der Waals surface area contributed by atoms with Crippen LogP contribution in [0.25, 0.3) is 0 Å². The van der Waals surface area contributed by atoms with Crippen LogP contribution in [0.2, 0.25) is 0 Å². The SMILES string of the molecule is C=C=CNN=NN. The van der Waals surface area contributed by atoms with Gasteiger partial charge in [0.2, 0.25) is 0 Å². The topological polar surface area (TPSA) is 62.8 Å². The van der Waals surface area contributed by atoms with Gasteiger partial charge in [-0.15, -0.1) is 5.73 Å². The molecule has 0 aliphatic heterocycles. The molecule has 0 aromatic heterocycles. The van der Waals surface area contributed by atoms with E-state index in [1.807, 2.05) is 0 Å². The Hall–Kier alpha value is -1.28. The average Bonchev–Trinajstić information content (AvgIpc) is 1.69. The normalized spacial score (nSPS) is 8.00. The van der Waals surface area contributed by atoms with Crippen molar-refractivity contribution in [1.82, 2.24) is 5.43 Å². The second-order valence-corrected chi connectivity index (χ2v) is 0.693. The third kappa shape index (κ3) is 4.72. The first-order valence-corrected chi connectivity index (χ1v) is 1.61. The van der Waals surface area contributed by atoms with Crippen molar-refractivity contribution in [2.75, 3.05) is 0 Å². The second-order valence-electron chi connectivity index (χ2n) is 0.693. The van der Waals surface area contributed by atoms with Crippen molar-refractivity contribution in [3.63, 3.8) is 0 Å². The minimum atomic E-state index is 1.39. The molecule has 0 rings (SSSR count). The third-order valence-electron chi connectivity index (χ3n) is 0.282. The zero-order chi connectivity index (χ0) is 5.54. The van der Waals surface area contributed by atoms with E-state index in [1.165, 1.54) is 6.20 Å². The molecular formula is C3H6N4. The maximum absolute atomic E-state index is 4.60. The Morgan fingerprint density at radius 1 is 1.86 bits per heavy atom. The quantitative estimate of drug-likeness (QED) is 0.223. The minimum absolute atomic E-state index is 1.39. The summed E-state index contributed by atoms with van der Waals surface area (Å²) in [6.07, 6.45) is 1.39. The summed E-state index contributed by atoms with van der Waals surface area (Å²) in [4.78, 5) is 0. The van der Waals surface area contributed by atoms with Crippen molar-refractivity contribution in [1.29, 1.82) is 0 Å². The Bertz CT molecular complexity index is 99.5. The van der Waals surface area contributed by atoms with Crippen LogP contribution >= 0.6 is 0 Å². The Labute approximate surface area is 41.4 Å². The molecule has 0 atom stereocenters. The first-order valence-electron chi connectivity index (χ1n) is 1.61. The molecule has 0 aliphatic rings. The maximum Gasteiger partial charge on any atom is 0.0630 e. The first kappa shape index (κ1) is 5.72. The lowest BCUT2D eigenvalue weighted by molar-refractivity contribution is 0.824. The van der Waals surface area contributed by atoms with Crippen LogP contribution in [0, 0.1) is 0 Å². The molecule has 0 spiro atoms. The van der Waals surface area contributed by atoms with Crippen molar-refractivity contribution in [2.45, 2.75) is 0 Å². The van der Waals surface area contributed by atoms with Gasteiger partial charge < -0.3 is 5.84 Å². The van der Waals surface area contributed by atoms with E-state index in [9.17, 15) is 0 Å². The van der Waals surface area contributed by atoms with Crippen molar-refractivity contribution in [2.24, 2.45) is 16.3 Å². The largest absolute Gasteiger partial charge is 0.303 e. The summed E-state index contributed by atoms with van der Waals surface area (Å²) in [6, 6.07) is 0. The lowest BCUT2D eigenvalue weighted by Gasteiger charge is -1.76. The maximum atomic E-state index is 4.60. The predicted octanol–water partition coefficient (Wildman–Crippen LogP) is 0.116. The highest BCUT2D eigenvalue weighted by Gasteiger charge is 1.54. The summed E-state index contributed by atoms with van der Waals surface area (Å²) in [6.45, 7) is 3.25. The second kappa shape index (κ2) is 4.72. The monoisotopic (exact) mass is 98.1 g/mol. The van der Waals surface area contributed by atoms with Crippen LogP contribution in [-0.4, -0.2) is 0 Å². The van der Waals surface area contributed by atoms with E-state index in [-0.39, 0.29) is 0 Å². The van der Waals surface area contributed by atoms with E-state index in [1.54, 1.807) is 0 Å². The molecule has 4 heteroatoms. The van der Waals surface area contributed by atoms with Gasteiger partial charge >= 0.3 is 0 Å². The number of nitrogens with two attached hydrogens (primary N) is 1. The molecule has 0 aromatic rings. The Morgan fingerprint density at radius 3 is 3.00 bits per heavy atom. The fourth-order valence-electron chi connectivity index (χ4n) is 0.108. The van der Waals surface area contributed by atoms with Crippen LogP contribution in [0.4, 0.5) is 0 Å². The molecule has 0 heterocycles. The van der Waals surface area contributed by atoms with Crippen LogP contribution < -0.4 is 11.3 Å². The molecule has 38 valence electrons. The van der Waals surface area contributed by atoms with Gasteiger partial charge in [0.15, 0.2) is 0 Å². The molecule has 3 N–H and O–H groups in total. The summed E-state index contributed by atoms with van der Waals surface area (Å²) < 4.78 is 0. The van der Waals surface area contributed by atoms with Crippen molar-refractivity contribution in [3.05, 3.63) is 18.5 Å². The lowest BCUT2D eigenvalue weighted by Crippen LogP contribution is -1.91. The summed E-state index contributed by atoms with van der Waals surface area (Å²) in [5, 5.41) is 6.04. The number of hydrogen-bond acceptors (Lipinski definition) is 2. The van der Waals surface area contributed by atoms with Crippen LogP contribution in [0.3, 0.4) is 0 Å². The fourth-order valence-corrected chi connectivity index (χ4v) is 0.108. The number of nitrogens with one attached hydrogen (secondary N) is 1. The Morgan fingerprint density at radius 2 is 2.57 bits per heavy atom. The number of rotatable bonds is 2. The predicted molar refractivity (Wildman–Crippen MR) is 25.9 cm³/mol. The van der Waals surface area contributed by atoms with Gasteiger partial charge in [0, 0.05) is 0 Å². The van der Waals surface area contributed by atoms with Gasteiger partial charge in [-0.25, -0.2) is 0 Å². The first-order chi connectivity index (χ1) is 3.41. The molecular weight excluding hydrogens is 92.1 g/mol. The zero-order valence-corrected chi connectivity index (χ0v) is 3.76. The zero-order valence-electron chi connectivity index (χ0n) is 3.76. The smallest absolute Gasteiger partial charge is 0.0630 e. The highest BCUT2D eigenvalue weighted by atomic mass is 15.5. The van der Waals surface area contributed by atoms with E-state index in [0.717, 1.165) is 0 Å². The van der Waals surface area contributed by atoms with Crippen molar-refractivity contribution in [3.8, 4) is 0 Å². The van der Waals surface area contributed by atoms with E-state index >= 15 is 0 Å². The third-order valence-corrected chi connectivity index (χ3v) is 0.282. The van der Waals surface area contributed by atoms with Crippen molar-refractivity contribution >= 4 is 0 Å². The molecule has 0 amide bonds. The molecule has 0 saturated heterocycles. The summed E-state index contributed by atoms with van der Waals surface area (Å²) in [7, 11) is 0. The average molecular weight is 98.1 g/mol. The molecule has 4 nitrogen and oxygen atoms in total. The van der Waals surface area contributed by atoms with Crippen LogP contribution in [0.5, 0.6) is 0 Å². The molecule has 7 heavy (non-hydrogen) atoms. The van der Waals surface area contributed by atoms with Gasteiger partial charge in [0.05, 0.1) is 6.20 Å². The lowest BCUT2D eigenvalue weighted by atomic mass is 10.9. The highest BCUT2D eigenvalue weighted by molar-refractivity contribution is 4.69. The molecule has 0 radical (unpaired) electrons. The van der Waals surface area contributed by atoms with Crippen LogP contribution in [0.1, 0.15) is 0 Å². The van der Waals surface area contributed by atoms with Crippen molar-refractivity contribution < 1.29 is 0 Å². The van der Waals surface area contributed by atoms with E-state index in [4.69, 9.17) is 0 Å². The summed E-state index contributed by atoms with van der Waals surface area (Å²) in [5.74, 6) is 4.60. The summed E-state index contributed by atoms with van der Waals surface area (Å²) >= 11 is 0. The molecule has 0 aromatic carbocycles. The molecule has 0 unspecified atom stereocenters. The highest BCUT2D eigenvalue weighted by Crippen LogP contribution is 1.55. The van der Waals surface area contributed by atoms with E-state index in [0.29, 0.717) is 0 Å². The molecule has 0 fully saturated rings. The molecule has 0 aliphatic carbocycles. The number of hydrogen-bond donors (Lipinski definition) is 2. The van der Waals surface area contributed by atoms with Crippen LogP contribution in [-0.2, 0) is 0 Å². The Kier molecular flexibility index (Phi) is 3.86. The molecule has 0 saturated carbocycles. The number of nitrogens with zero attached hydrogens (tertiary/aromatic N) is 2. The van der Waals surface area contributed by atoms with E-state index < -0.39 is 0 Å². The summed E-state index contributed by atoms with van der Waals surface area (Å²) in [5.41, 5.74) is 4.73. The van der Waals surface area contributed by atoms with Crippen LogP contribution in [0.15, 0.2) is 29.0 Å². The van der Waals surface area contributed by atoms with Gasteiger partial charge in [-0.1, -0.05) is 17.0 Å². The van der Waals surface area contributed by atoms with Gasteiger partial charge in [-0.05, 0) is 0 Å². The van der Waals surface area contributed by atoms with Gasteiger partial charge in [0.25, 0.3) is 0 Å². The van der Waals surface area contributed by atoms with Gasteiger partial charge in [0.1, 0.15) is 0 Å². The minimum Gasteiger partial charge on any atom is -0.303 e. The Balaban J connectivity index is 3.15. The standard InChI is InChI=1S/C3H6N4/c1-2-3-5-7-6-4/h3H,1H2,(H2,4,7)(H,5,6). The molecule has 0 bridgehead atoms. The van der Waals surface area contributed by atoms with Gasteiger partial charge in [-0.3, -0.25) is 5.43 Å². The van der Waals surface area contributed by atoms with Gasteiger partial charge in [-0.2, -0.15) is 0 Å². The fraction of sp³-hybridized carbons (Fsp3) is 0.